The molecule has 1 unspecified atom stereocenters. The van der Waals surface area contributed by atoms with Crippen molar-refractivity contribution in [2.24, 2.45) is 11.7 Å². The maximum Gasteiger partial charge on any atom is 0.224 e. The van der Waals surface area contributed by atoms with Gasteiger partial charge in [-0.05, 0) is 31.2 Å². The number of hydrogen-bond acceptors (Lipinski definition) is 2. The van der Waals surface area contributed by atoms with Gasteiger partial charge < -0.3 is 11.1 Å². The summed E-state index contributed by atoms with van der Waals surface area (Å²) in [7, 11) is 0. The standard InChI is InChI=1S/C16H22N2OS/c1-11(13-4-2-3-5-13)18-15(19)10-12-6-8-14(9-7-12)16(17)20/h6-9,11,13H,2-5,10H2,1H3,(H2,17,20)(H,18,19). The van der Waals surface area contributed by atoms with Gasteiger partial charge in [0.05, 0.1) is 6.42 Å². The van der Waals surface area contributed by atoms with Crippen LogP contribution in [-0.2, 0) is 11.2 Å². The van der Waals surface area contributed by atoms with Gasteiger partial charge in [-0.3, -0.25) is 4.79 Å². The van der Waals surface area contributed by atoms with Gasteiger partial charge in [0, 0.05) is 11.6 Å². The Morgan fingerprint density at radius 1 is 1.35 bits per heavy atom. The molecule has 1 aliphatic carbocycles. The van der Waals surface area contributed by atoms with Crippen molar-refractivity contribution in [1.82, 2.24) is 5.32 Å². The zero-order valence-electron chi connectivity index (χ0n) is 11.9. The molecule has 0 aliphatic heterocycles. The van der Waals surface area contributed by atoms with Crippen LogP contribution < -0.4 is 11.1 Å². The first-order valence-corrected chi connectivity index (χ1v) is 7.65. The van der Waals surface area contributed by atoms with E-state index >= 15 is 0 Å². The zero-order valence-corrected chi connectivity index (χ0v) is 12.7. The van der Waals surface area contributed by atoms with Crippen molar-refractivity contribution < 1.29 is 4.79 Å². The average Bonchev–Trinajstić information content (AvgIpc) is 2.93. The van der Waals surface area contributed by atoms with Gasteiger partial charge >= 0.3 is 0 Å². The molecule has 0 aromatic heterocycles. The van der Waals surface area contributed by atoms with E-state index in [1.165, 1.54) is 25.7 Å². The van der Waals surface area contributed by atoms with E-state index < -0.39 is 0 Å². The quantitative estimate of drug-likeness (QED) is 0.819. The van der Waals surface area contributed by atoms with Gasteiger partial charge in [-0.2, -0.15) is 0 Å². The Morgan fingerprint density at radius 2 is 1.95 bits per heavy atom. The summed E-state index contributed by atoms with van der Waals surface area (Å²) in [4.78, 5) is 12.4. The van der Waals surface area contributed by atoms with Gasteiger partial charge in [0.1, 0.15) is 4.99 Å². The summed E-state index contributed by atoms with van der Waals surface area (Å²) < 4.78 is 0. The zero-order chi connectivity index (χ0) is 14.5. The topological polar surface area (TPSA) is 55.1 Å². The van der Waals surface area contributed by atoms with Crippen LogP contribution >= 0.6 is 12.2 Å². The summed E-state index contributed by atoms with van der Waals surface area (Å²) in [5, 5.41) is 3.12. The van der Waals surface area contributed by atoms with Gasteiger partial charge in [0.2, 0.25) is 5.91 Å². The molecule has 0 bridgehead atoms. The summed E-state index contributed by atoms with van der Waals surface area (Å²) >= 11 is 4.91. The van der Waals surface area contributed by atoms with Gasteiger partial charge in [0.25, 0.3) is 0 Å². The molecule has 2 rings (SSSR count). The molecular formula is C16H22N2OS. The Morgan fingerprint density at radius 3 is 2.50 bits per heavy atom. The first kappa shape index (κ1) is 15.0. The fraction of sp³-hybridized carbons (Fsp3) is 0.500. The first-order valence-electron chi connectivity index (χ1n) is 7.24. The number of nitrogens with two attached hydrogens (primary N) is 1. The Hall–Kier alpha value is -1.42. The molecule has 1 fully saturated rings. The second kappa shape index (κ2) is 6.84. The molecule has 1 aliphatic rings. The van der Waals surface area contributed by atoms with Crippen LogP contribution in [0.5, 0.6) is 0 Å². The maximum absolute atomic E-state index is 12.0. The van der Waals surface area contributed by atoms with Gasteiger partial charge in [-0.15, -0.1) is 0 Å². The van der Waals surface area contributed by atoms with Crippen molar-refractivity contribution in [1.29, 1.82) is 0 Å². The molecule has 1 atom stereocenters. The highest BCUT2D eigenvalue weighted by molar-refractivity contribution is 7.80. The summed E-state index contributed by atoms with van der Waals surface area (Å²) in [6.07, 6.45) is 5.49. The van der Waals surface area contributed by atoms with Crippen molar-refractivity contribution in [3.8, 4) is 0 Å². The molecule has 4 heteroatoms. The minimum Gasteiger partial charge on any atom is -0.389 e. The number of hydrogen-bond donors (Lipinski definition) is 2. The van der Waals surface area contributed by atoms with Crippen LogP contribution in [0, 0.1) is 5.92 Å². The molecule has 0 spiro atoms. The average molecular weight is 290 g/mol. The van der Waals surface area contributed by atoms with E-state index in [2.05, 4.69) is 12.2 Å². The van der Waals surface area contributed by atoms with Crippen molar-refractivity contribution in [3.63, 3.8) is 0 Å². The molecule has 0 heterocycles. The molecule has 20 heavy (non-hydrogen) atoms. The number of carbonyl (C=O) groups excluding carboxylic acids is 1. The third-order valence-corrected chi connectivity index (χ3v) is 4.33. The summed E-state index contributed by atoms with van der Waals surface area (Å²) in [6, 6.07) is 7.83. The lowest BCUT2D eigenvalue weighted by molar-refractivity contribution is -0.121. The smallest absolute Gasteiger partial charge is 0.224 e. The molecular weight excluding hydrogens is 268 g/mol. The lowest BCUT2D eigenvalue weighted by Gasteiger charge is -2.20. The van der Waals surface area contributed by atoms with Gasteiger partial charge in [-0.1, -0.05) is 49.3 Å². The number of benzene rings is 1. The first-order chi connectivity index (χ1) is 9.56. The van der Waals surface area contributed by atoms with Gasteiger partial charge in [0.15, 0.2) is 0 Å². The predicted octanol–water partition coefficient (Wildman–Crippen LogP) is 2.56. The second-order valence-electron chi connectivity index (χ2n) is 5.64. The molecule has 0 saturated heterocycles. The number of nitrogens with one attached hydrogen (secondary N) is 1. The van der Waals surface area contributed by atoms with E-state index in [0.717, 1.165) is 11.1 Å². The number of amides is 1. The summed E-state index contributed by atoms with van der Waals surface area (Å²) in [5.74, 6) is 0.739. The largest absolute Gasteiger partial charge is 0.389 e. The molecule has 1 saturated carbocycles. The van der Waals surface area contributed by atoms with E-state index in [1.807, 2.05) is 24.3 Å². The Labute approximate surface area is 125 Å². The molecule has 3 N–H and O–H groups in total. The van der Waals surface area contributed by atoms with Crippen molar-refractivity contribution in [2.45, 2.75) is 45.1 Å². The monoisotopic (exact) mass is 290 g/mol. The van der Waals surface area contributed by atoms with Gasteiger partial charge in [-0.25, -0.2) is 0 Å². The lowest BCUT2D eigenvalue weighted by atomic mass is 9.99. The normalized spacial score (nSPS) is 16.9. The maximum atomic E-state index is 12.0. The Kier molecular flexibility index (Phi) is 5.12. The minimum absolute atomic E-state index is 0.0903. The molecule has 0 radical (unpaired) electrons. The highest BCUT2D eigenvalue weighted by Gasteiger charge is 2.22. The Bertz CT molecular complexity index is 478. The van der Waals surface area contributed by atoms with Crippen molar-refractivity contribution in [2.75, 3.05) is 0 Å². The third kappa shape index (κ3) is 4.04. The number of carbonyl (C=O) groups is 1. The highest BCUT2D eigenvalue weighted by atomic mass is 32.1. The van der Waals surface area contributed by atoms with Crippen LogP contribution in [0.25, 0.3) is 0 Å². The lowest BCUT2D eigenvalue weighted by Crippen LogP contribution is -2.38. The van der Waals surface area contributed by atoms with Crippen LogP contribution in [0.2, 0.25) is 0 Å². The summed E-state index contributed by atoms with van der Waals surface area (Å²) in [5.41, 5.74) is 7.38. The van der Waals surface area contributed by atoms with E-state index in [9.17, 15) is 4.79 Å². The second-order valence-corrected chi connectivity index (χ2v) is 6.08. The fourth-order valence-electron chi connectivity index (χ4n) is 2.85. The van der Waals surface area contributed by atoms with Crippen molar-refractivity contribution >= 4 is 23.1 Å². The van der Waals surface area contributed by atoms with Crippen LogP contribution in [0.4, 0.5) is 0 Å². The molecule has 3 nitrogen and oxygen atoms in total. The predicted molar refractivity (Wildman–Crippen MR) is 85.6 cm³/mol. The SMILES string of the molecule is CC(NC(=O)Cc1ccc(C(N)=S)cc1)C1CCCC1. The highest BCUT2D eigenvalue weighted by Crippen LogP contribution is 2.27. The van der Waals surface area contributed by atoms with E-state index in [-0.39, 0.29) is 11.9 Å². The summed E-state index contributed by atoms with van der Waals surface area (Å²) in [6.45, 7) is 2.11. The van der Waals surface area contributed by atoms with Crippen molar-refractivity contribution in [3.05, 3.63) is 35.4 Å². The third-order valence-electron chi connectivity index (χ3n) is 4.10. The Balaban J connectivity index is 1.85. The molecule has 1 aromatic carbocycles. The van der Waals surface area contributed by atoms with E-state index in [1.54, 1.807) is 0 Å². The van der Waals surface area contributed by atoms with E-state index in [0.29, 0.717) is 17.3 Å². The van der Waals surface area contributed by atoms with E-state index in [4.69, 9.17) is 18.0 Å². The molecule has 108 valence electrons. The van der Waals surface area contributed by atoms with Crippen LogP contribution in [0.1, 0.15) is 43.7 Å². The van der Waals surface area contributed by atoms with Crippen LogP contribution in [0.15, 0.2) is 24.3 Å². The molecule has 1 aromatic rings. The minimum atomic E-state index is 0.0903. The van der Waals surface area contributed by atoms with Crippen LogP contribution in [0.3, 0.4) is 0 Å². The van der Waals surface area contributed by atoms with Crippen LogP contribution in [-0.4, -0.2) is 16.9 Å². The number of rotatable bonds is 5. The number of thiocarbonyl (C=S) groups is 1. The fourth-order valence-corrected chi connectivity index (χ4v) is 2.99. The molecule has 1 amide bonds.